The van der Waals surface area contributed by atoms with Crippen LogP contribution in [-0.2, 0) is 4.74 Å². The average Bonchev–Trinajstić information content (AvgIpc) is 2.51. The molecule has 0 aromatic heterocycles. The second-order valence-corrected chi connectivity index (χ2v) is 5.00. The van der Waals surface area contributed by atoms with Crippen LogP contribution >= 0.6 is 0 Å². The fraction of sp³-hybridized carbons (Fsp3) is 0.562. The van der Waals surface area contributed by atoms with E-state index in [1.807, 2.05) is 0 Å². The van der Waals surface area contributed by atoms with Crippen molar-refractivity contribution < 1.29 is 14.6 Å². The van der Waals surface area contributed by atoms with Crippen molar-refractivity contribution in [3.63, 3.8) is 0 Å². The van der Waals surface area contributed by atoms with Crippen LogP contribution < -0.4 is 4.74 Å². The Hall–Kier alpha value is -1.61. The van der Waals surface area contributed by atoms with Crippen molar-refractivity contribution in [2.75, 3.05) is 33.4 Å². The second-order valence-electron chi connectivity index (χ2n) is 5.00. The lowest BCUT2D eigenvalue weighted by Crippen LogP contribution is -2.42. The molecular formula is C16H24N2O3. The van der Waals surface area contributed by atoms with E-state index < -0.39 is 6.10 Å². The minimum Gasteiger partial charge on any atom is -0.491 e. The number of aliphatic hydroxyl groups excluding tert-OH is 1. The smallest absolute Gasteiger partial charge is 0.120 e. The molecule has 1 rings (SSSR count). The number of nitrogens with zero attached hydrogens (tertiary/aromatic N) is 2. The number of ether oxygens (including phenoxy) is 2. The Morgan fingerprint density at radius 1 is 1.38 bits per heavy atom. The molecule has 116 valence electrons. The summed E-state index contributed by atoms with van der Waals surface area (Å²) in [5.74, 6) is 0.598. The maximum Gasteiger partial charge on any atom is 0.120 e. The molecule has 5 nitrogen and oxygen atoms in total. The van der Waals surface area contributed by atoms with Gasteiger partial charge in [-0.3, -0.25) is 4.90 Å². The predicted molar refractivity (Wildman–Crippen MR) is 81.2 cm³/mol. The van der Waals surface area contributed by atoms with Gasteiger partial charge in [0, 0.05) is 19.7 Å². The maximum atomic E-state index is 10.1. The summed E-state index contributed by atoms with van der Waals surface area (Å²) >= 11 is 0. The fourth-order valence-electron chi connectivity index (χ4n) is 2.14. The Bertz CT molecular complexity index is 459. The molecule has 0 aliphatic rings. The van der Waals surface area contributed by atoms with Crippen LogP contribution in [0.2, 0.25) is 0 Å². The van der Waals surface area contributed by atoms with Gasteiger partial charge < -0.3 is 14.6 Å². The van der Waals surface area contributed by atoms with Crippen LogP contribution in [-0.4, -0.2) is 55.6 Å². The summed E-state index contributed by atoms with van der Waals surface area (Å²) in [6.07, 6.45) is -0.588. The highest BCUT2D eigenvalue weighted by atomic mass is 16.5. The van der Waals surface area contributed by atoms with Crippen LogP contribution in [0.1, 0.15) is 19.4 Å². The summed E-state index contributed by atoms with van der Waals surface area (Å²) in [5.41, 5.74) is 0.547. The number of hydrogen-bond acceptors (Lipinski definition) is 5. The Labute approximate surface area is 126 Å². The SMILES string of the molecule is CCN(CC(O)COc1cccc(C#N)c1)C(C)COC. The summed E-state index contributed by atoms with van der Waals surface area (Å²) in [4.78, 5) is 2.14. The van der Waals surface area contributed by atoms with Gasteiger partial charge in [0.25, 0.3) is 0 Å². The molecule has 0 aliphatic heterocycles. The van der Waals surface area contributed by atoms with Gasteiger partial charge in [0.2, 0.25) is 0 Å². The topological polar surface area (TPSA) is 65.7 Å². The highest BCUT2D eigenvalue weighted by Gasteiger charge is 2.16. The van der Waals surface area contributed by atoms with Gasteiger partial charge in [-0.05, 0) is 31.7 Å². The Morgan fingerprint density at radius 2 is 2.14 bits per heavy atom. The van der Waals surface area contributed by atoms with Gasteiger partial charge >= 0.3 is 0 Å². The normalized spacial score (nSPS) is 13.7. The van der Waals surface area contributed by atoms with Gasteiger partial charge in [-0.25, -0.2) is 0 Å². The number of methoxy groups -OCH3 is 1. The van der Waals surface area contributed by atoms with Gasteiger partial charge in [-0.1, -0.05) is 13.0 Å². The summed E-state index contributed by atoms with van der Waals surface area (Å²) in [6.45, 7) is 6.31. The van der Waals surface area contributed by atoms with E-state index in [1.54, 1.807) is 31.4 Å². The van der Waals surface area contributed by atoms with Crippen molar-refractivity contribution in [2.45, 2.75) is 26.0 Å². The highest BCUT2D eigenvalue weighted by Crippen LogP contribution is 2.13. The number of hydrogen-bond donors (Lipinski definition) is 1. The predicted octanol–water partition coefficient (Wildman–Crippen LogP) is 1.65. The molecular weight excluding hydrogens is 268 g/mol. The molecule has 0 saturated heterocycles. The first-order valence-electron chi connectivity index (χ1n) is 7.14. The number of aliphatic hydroxyl groups is 1. The van der Waals surface area contributed by atoms with Gasteiger partial charge in [-0.2, -0.15) is 5.26 Å². The molecule has 0 fully saturated rings. The Kier molecular flexibility index (Phi) is 7.76. The third-order valence-corrected chi connectivity index (χ3v) is 3.29. The van der Waals surface area contributed by atoms with E-state index in [9.17, 15) is 5.11 Å². The van der Waals surface area contributed by atoms with Crippen molar-refractivity contribution in [1.29, 1.82) is 5.26 Å². The highest BCUT2D eigenvalue weighted by molar-refractivity contribution is 5.36. The lowest BCUT2D eigenvalue weighted by molar-refractivity contribution is 0.0368. The van der Waals surface area contributed by atoms with Crippen molar-refractivity contribution in [1.82, 2.24) is 4.90 Å². The van der Waals surface area contributed by atoms with Crippen molar-refractivity contribution in [3.05, 3.63) is 29.8 Å². The van der Waals surface area contributed by atoms with Gasteiger partial charge in [-0.15, -0.1) is 0 Å². The first-order valence-corrected chi connectivity index (χ1v) is 7.14. The van der Waals surface area contributed by atoms with Crippen LogP contribution in [0.15, 0.2) is 24.3 Å². The average molecular weight is 292 g/mol. The van der Waals surface area contributed by atoms with Crippen molar-refractivity contribution >= 4 is 0 Å². The summed E-state index contributed by atoms with van der Waals surface area (Å²) in [7, 11) is 1.67. The molecule has 5 heteroatoms. The summed E-state index contributed by atoms with van der Waals surface area (Å²) in [6, 6.07) is 9.23. The molecule has 1 N–H and O–H groups in total. The lowest BCUT2D eigenvalue weighted by Gasteiger charge is -2.29. The molecule has 1 aromatic carbocycles. The zero-order valence-corrected chi connectivity index (χ0v) is 13.0. The first-order chi connectivity index (χ1) is 10.1. The molecule has 0 aliphatic carbocycles. The third-order valence-electron chi connectivity index (χ3n) is 3.29. The molecule has 0 bridgehead atoms. The minimum atomic E-state index is -0.588. The fourth-order valence-corrected chi connectivity index (χ4v) is 2.14. The van der Waals surface area contributed by atoms with E-state index >= 15 is 0 Å². The molecule has 0 spiro atoms. The standard InChI is InChI=1S/C16H24N2O3/c1-4-18(13(2)11-20-3)10-15(19)12-21-16-7-5-6-14(8-16)9-17/h5-8,13,15,19H,4,10-12H2,1-3H3. The summed E-state index contributed by atoms with van der Waals surface area (Å²) < 4.78 is 10.7. The van der Waals surface area contributed by atoms with Gasteiger partial charge in [0.1, 0.15) is 18.5 Å². The second kappa shape index (κ2) is 9.35. The maximum absolute atomic E-state index is 10.1. The first kappa shape index (κ1) is 17.4. The van der Waals surface area contributed by atoms with Crippen molar-refractivity contribution in [3.8, 4) is 11.8 Å². The van der Waals surface area contributed by atoms with Gasteiger partial charge in [0.05, 0.1) is 18.2 Å². The van der Waals surface area contributed by atoms with Crippen LogP contribution in [0.3, 0.4) is 0 Å². The van der Waals surface area contributed by atoms with E-state index in [-0.39, 0.29) is 12.6 Å². The third kappa shape index (κ3) is 6.13. The van der Waals surface area contributed by atoms with Crippen LogP contribution in [0.25, 0.3) is 0 Å². The van der Waals surface area contributed by atoms with Crippen LogP contribution in [0.4, 0.5) is 0 Å². The minimum absolute atomic E-state index is 0.199. The Balaban J connectivity index is 2.45. The van der Waals surface area contributed by atoms with E-state index in [2.05, 4.69) is 24.8 Å². The molecule has 1 aromatic rings. The zero-order valence-electron chi connectivity index (χ0n) is 13.0. The number of likely N-dealkylation sites (N-methyl/N-ethyl adjacent to an activating group) is 1. The molecule has 0 saturated carbocycles. The zero-order chi connectivity index (χ0) is 15.7. The molecule has 21 heavy (non-hydrogen) atoms. The quantitative estimate of drug-likeness (QED) is 0.750. The van der Waals surface area contributed by atoms with Gasteiger partial charge in [0.15, 0.2) is 0 Å². The van der Waals surface area contributed by atoms with Crippen LogP contribution in [0.5, 0.6) is 5.75 Å². The molecule has 0 amide bonds. The monoisotopic (exact) mass is 292 g/mol. The Morgan fingerprint density at radius 3 is 2.76 bits per heavy atom. The number of benzene rings is 1. The number of rotatable bonds is 9. The molecule has 0 heterocycles. The van der Waals surface area contributed by atoms with E-state index in [4.69, 9.17) is 14.7 Å². The molecule has 2 unspecified atom stereocenters. The number of nitriles is 1. The van der Waals surface area contributed by atoms with E-state index in [0.717, 1.165) is 6.54 Å². The molecule has 2 atom stereocenters. The van der Waals surface area contributed by atoms with Crippen LogP contribution in [0, 0.1) is 11.3 Å². The summed E-state index contributed by atoms with van der Waals surface area (Å²) in [5, 5.41) is 18.9. The lowest BCUT2D eigenvalue weighted by atomic mass is 10.2. The molecule has 0 radical (unpaired) electrons. The largest absolute Gasteiger partial charge is 0.491 e. The van der Waals surface area contributed by atoms with Crippen molar-refractivity contribution in [2.24, 2.45) is 0 Å². The van der Waals surface area contributed by atoms with E-state index in [0.29, 0.717) is 24.5 Å². The van der Waals surface area contributed by atoms with E-state index in [1.165, 1.54) is 0 Å².